The zero-order valence-corrected chi connectivity index (χ0v) is 16.4. The van der Waals surface area contributed by atoms with Gasteiger partial charge >= 0.3 is 6.18 Å². The Hall–Kier alpha value is -2.54. The normalized spacial score (nSPS) is 11.8. The highest BCUT2D eigenvalue weighted by atomic mass is 35.5. The Morgan fingerprint density at radius 3 is 2.57 bits per heavy atom. The average molecular weight is 410 g/mol. The highest BCUT2D eigenvalue weighted by Gasteiger charge is 2.31. The Kier molecular flexibility index (Phi) is 5.39. The van der Waals surface area contributed by atoms with Gasteiger partial charge in [-0.15, -0.1) is 0 Å². The molecule has 0 saturated carbocycles. The highest BCUT2D eigenvalue weighted by molar-refractivity contribution is 6.31. The van der Waals surface area contributed by atoms with Crippen LogP contribution in [0.4, 0.5) is 13.2 Å². The summed E-state index contributed by atoms with van der Waals surface area (Å²) in [6, 6.07) is 5.71. The molecule has 4 nitrogen and oxygen atoms in total. The lowest BCUT2D eigenvalue weighted by Crippen LogP contribution is -2.25. The number of pyridine rings is 1. The molecule has 148 valence electrons. The highest BCUT2D eigenvalue weighted by Crippen LogP contribution is 2.35. The number of aryl methyl sites for hydroxylation is 1. The molecule has 0 unspecified atom stereocenters. The van der Waals surface area contributed by atoms with Crippen molar-refractivity contribution in [3.8, 4) is 0 Å². The van der Waals surface area contributed by atoms with Crippen LogP contribution >= 0.6 is 11.6 Å². The summed E-state index contributed by atoms with van der Waals surface area (Å²) in [5.41, 5.74) is 1.82. The van der Waals surface area contributed by atoms with Crippen molar-refractivity contribution in [2.75, 3.05) is 14.1 Å². The number of hydrogen-bond acceptors (Lipinski definition) is 2. The zero-order chi connectivity index (χ0) is 20.6. The van der Waals surface area contributed by atoms with Gasteiger partial charge < -0.3 is 9.47 Å². The minimum atomic E-state index is -4.44. The maximum absolute atomic E-state index is 13.0. The first-order valence-corrected chi connectivity index (χ1v) is 8.95. The first-order chi connectivity index (χ1) is 13.1. The summed E-state index contributed by atoms with van der Waals surface area (Å²) < 4.78 is 40.7. The van der Waals surface area contributed by atoms with Crippen LogP contribution in [0.2, 0.25) is 5.02 Å². The molecule has 3 aromatic rings. The van der Waals surface area contributed by atoms with Crippen molar-refractivity contribution in [2.24, 2.45) is 0 Å². The standard InChI is InChI=1S/C20H19ClF3N3O/c1-12-8-13(20(22,23)24)9-16(21)15(12)10-17-14-5-7-27(11-19(28)26(2)3)18(14)4-6-25-17/h4-9H,10-11H2,1-3H3. The number of carbonyl (C=O) groups is 1. The summed E-state index contributed by atoms with van der Waals surface area (Å²) in [6.45, 7) is 1.80. The van der Waals surface area contributed by atoms with Crippen LogP contribution in [0.1, 0.15) is 22.4 Å². The van der Waals surface area contributed by atoms with E-state index >= 15 is 0 Å². The molecule has 28 heavy (non-hydrogen) atoms. The molecule has 0 aliphatic rings. The molecule has 1 aromatic carbocycles. The molecule has 0 atom stereocenters. The van der Waals surface area contributed by atoms with Crippen molar-refractivity contribution in [2.45, 2.75) is 26.1 Å². The first kappa shape index (κ1) is 20.2. The van der Waals surface area contributed by atoms with Crippen LogP contribution in [0.25, 0.3) is 10.9 Å². The number of likely N-dealkylation sites (N-methyl/N-ethyl adjacent to an activating group) is 1. The van der Waals surface area contributed by atoms with Gasteiger partial charge in [0.2, 0.25) is 5.91 Å². The number of aromatic nitrogens is 2. The average Bonchev–Trinajstić information content (AvgIpc) is 3.00. The smallest absolute Gasteiger partial charge is 0.347 e. The Balaban J connectivity index is 1.98. The summed E-state index contributed by atoms with van der Waals surface area (Å²) in [4.78, 5) is 17.9. The predicted octanol–water partition coefficient (Wildman–Crippen LogP) is 4.70. The van der Waals surface area contributed by atoms with Gasteiger partial charge in [-0.3, -0.25) is 9.78 Å². The molecular weight excluding hydrogens is 391 g/mol. The summed E-state index contributed by atoms with van der Waals surface area (Å²) in [7, 11) is 3.38. The fourth-order valence-electron chi connectivity index (χ4n) is 3.08. The molecule has 0 radical (unpaired) electrons. The van der Waals surface area contributed by atoms with E-state index in [1.807, 2.05) is 16.7 Å². The SMILES string of the molecule is Cc1cc(C(F)(F)F)cc(Cl)c1Cc1nccc2c1ccn2CC(=O)N(C)C. The maximum Gasteiger partial charge on any atom is 0.416 e. The summed E-state index contributed by atoms with van der Waals surface area (Å²) in [6.07, 6.45) is -0.715. The van der Waals surface area contributed by atoms with Gasteiger partial charge in [0, 0.05) is 43.3 Å². The lowest BCUT2D eigenvalue weighted by atomic mass is 9.99. The minimum absolute atomic E-state index is 0.0440. The number of fused-ring (bicyclic) bond motifs is 1. The van der Waals surface area contributed by atoms with E-state index in [2.05, 4.69) is 4.98 Å². The van der Waals surface area contributed by atoms with Crippen molar-refractivity contribution >= 4 is 28.4 Å². The first-order valence-electron chi connectivity index (χ1n) is 8.57. The molecule has 0 aliphatic carbocycles. The third-order valence-corrected chi connectivity index (χ3v) is 5.01. The second-order valence-corrected chi connectivity index (χ2v) is 7.26. The summed E-state index contributed by atoms with van der Waals surface area (Å²) in [5.74, 6) is -0.0440. The molecule has 0 fully saturated rings. The number of alkyl halides is 3. The molecule has 3 rings (SSSR count). The fraction of sp³-hybridized carbons (Fsp3) is 0.300. The lowest BCUT2D eigenvalue weighted by Gasteiger charge is -2.14. The number of amides is 1. The number of hydrogen-bond donors (Lipinski definition) is 0. The molecular formula is C20H19ClF3N3O. The predicted molar refractivity (Wildman–Crippen MR) is 102 cm³/mol. The van der Waals surface area contributed by atoms with Crippen LogP contribution < -0.4 is 0 Å². The number of carbonyl (C=O) groups excluding carboxylic acids is 1. The van der Waals surface area contributed by atoms with Crippen LogP contribution in [0, 0.1) is 6.92 Å². The van der Waals surface area contributed by atoms with Crippen LogP contribution in [0.3, 0.4) is 0 Å². The number of halogens is 4. The van der Waals surface area contributed by atoms with Crippen molar-refractivity contribution < 1.29 is 18.0 Å². The second-order valence-electron chi connectivity index (χ2n) is 6.85. The number of nitrogens with zero attached hydrogens (tertiary/aromatic N) is 3. The van der Waals surface area contributed by atoms with E-state index in [4.69, 9.17) is 11.6 Å². The molecule has 0 spiro atoms. The molecule has 0 saturated heterocycles. The van der Waals surface area contributed by atoms with E-state index in [0.29, 0.717) is 23.2 Å². The molecule has 2 heterocycles. The Labute approximate surface area is 165 Å². The fourth-order valence-corrected chi connectivity index (χ4v) is 3.41. The van der Waals surface area contributed by atoms with E-state index in [1.54, 1.807) is 33.4 Å². The monoisotopic (exact) mass is 409 g/mol. The maximum atomic E-state index is 13.0. The van der Waals surface area contributed by atoms with Gasteiger partial charge in [0.1, 0.15) is 6.54 Å². The third-order valence-electron chi connectivity index (χ3n) is 4.67. The Morgan fingerprint density at radius 1 is 1.25 bits per heavy atom. The van der Waals surface area contributed by atoms with E-state index in [1.165, 1.54) is 4.90 Å². The van der Waals surface area contributed by atoms with Gasteiger partial charge in [0.05, 0.1) is 16.8 Å². The van der Waals surface area contributed by atoms with Crippen molar-refractivity contribution in [1.29, 1.82) is 0 Å². The zero-order valence-electron chi connectivity index (χ0n) is 15.6. The molecule has 2 aromatic heterocycles. The number of rotatable bonds is 4. The van der Waals surface area contributed by atoms with Crippen LogP contribution in [-0.4, -0.2) is 34.5 Å². The number of benzene rings is 1. The summed E-state index contributed by atoms with van der Waals surface area (Å²) in [5, 5.41) is 0.901. The van der Waals surface area contributed by atoms with E-state index in [9.17, 15) is 18.0 Å². The van der Waals surface area contributed by atoms with Crippen LogP contribution in [0.5, 0.6) is 0 Å². The Bertz CT molecular complexity index is 1020. The van der Waals surface area contributed by atoms with E-state index < -0.39 is 11.7 Å². The largest absolute Gasteiger partial charge is 0.416 e. The van der Waals surface area contributed by atoms with Crippen molar-refractivity contribution in [3.63, 3.8) is 0 Å². The molecule has 0 bridgehead atoms. The molecule has 0 N–H and O–H groups in total. The molecule has 8 heteroatoms. The van der Waals surface area contributed by atoms with Gasteiger partial charge in [-0.2, -0.15) is 13.2 Å². The van der Waals surface area contributed by atoms with Crippen molar-refractivity contribution in [3.05, 3.63) is 64.1 Å². The molecule has 0 aliphatic heterocycles. The van der Waals surface area contributed by atoms with Crippen LogP contribution in [-0.2, 0) is 23.9 Å². The summed E-state index contributed by atoms with van der Waals surface area (Å²) >= 11 is 6.17. The van der Waals surface area contributed by atoms with Gasteiger partial charge in [-0.1, -0.05) is 11.6 Å². The molecule has 1 amide bonds. The topological polar surface area (TPSA) is 38.1 Å². The Morgan fingerprint density at radius 2 is 1.96 bits per heavy atom. The van der Waals surface area contributed by atoms with Crippen LogP contribution in [0.15, 0.2) is 36.7 Å². The lowest BCUT2D eigenvalue weighted by molar-refractivity contribution is -0.137. The third kappa shape index (κ3) is 3.99. The van der Waals surface area contributed by atoms with Gasteiger partial charge in [-0.05, 0) is 42.3 Å². The second kappa shape index (κ2) is 7.47. The van der Waals surface area contributed by atoms with Gasteiger partial charge in [0.15, 0.2) is 0 Å². The van der Waals surface area contributed by atoms with E-state index in [-0.39, 0.29) is 17.5 Å². The van der Waals surface area contributed by atoms with Crippen molar-refractivity contribution in [1.82, 2.24) is 14.5 Å². The minimum Gasteiger partial charge on any atom is -0.347 e. The van der Waals surface area contributed by atoms with E-state index in [0.717, 1.165) is 23.0 Å². The quantitative estimate of drug-likeness (QED) is 0.626. The van der Waals surface area contributed by atoms with Gasteiger partial charge in [0.25, 0.3) is 0 Å². The van der Waals surface area contributed by atoms with Gasteiger partial charge in [-0.25, -0.2) is 0 Å².